The van der Waals surface area contributed by atoms with Crippen LogP contribution < -0.4 is 25.4 Å². The Morgan fingerprint density at radius 3 is 2.48 bits per heavy atom. The Balaban J connectivity index is 1.20. The van der Waals surface area contributed by atoms with Crippen molar-refractivity contribution in [3.63, 3.8) is 0 Å². The molecule has 4 bridgehead atoms. The number of carbonyl (C=O) groups is 4. The fraction of sp³-hybridized carbons (Fsp3) is 0.447. The zero-order chi connectivity index (χ0) is 36.8. The molecule has 0 unspecified atom stereocenters. The average Bonchev–Trinajstić information content (AvgIpc) is 4.03. The lowest BCUT2D eigenvalue weighted by atomic mass is 9.92. The van der Waals surface area contributed by atoms with Crippen molar-refractivity contribution >= 4 is 39.4 Å². The number of amides is 4. The summed E-state index contributed by atoms with van der Waals surface area (Å²) in [6, 6.07) is 12.7. The molecule has 0 radical (unpaired) electrons. The van der Waals surface area contributed by atoms with Crippen molar-refractivity contribution in [2.45, 2.75) is 68.9 Å². The molecule has 5 aliphatic rings. The number of ether oxygens (including phenoxy) is 1. The zero-order valence-corrected chi connectivity index (χ0v) is 29.9. The fourth-order valence-electron chi connectivity index (χ4n) is 7.38. The average molecular weight is 730 g/mol. The fourth-order valence-corrected chi connectivity index (χ4v) is 8.75. The van der Waals surface area contributed by atoms with Crippen LogP contribution in [0.3, 0.4) is 0 Å². The van der Waals surface area contributed by atoms with E-state index in [-0.39, 0.29) is 44.2 Å². The number of hydrogen-bond acceptors (Lipinski definition) is 9. The zero-order valence-electron chi connectivity index (χ0n) is 29.1. The normalized spacial score (nSPS) is 28.4. The van der Waals surface area contributed by atoms with E-state index in [0.29, 0.717) is 24.3 Å². The largest absolute Gasteiger partial charge is 0.490 e. The third kappa shape index (κ3) is 6.83. The van der Waals surface area contributed by atoms with Gasteiger partial charge >= 0.3 is 0 Å². The maximum atomic E-state index is 14.2. The van der Waals surface area contributed by atoms with Crippen molar-refractivity contribution in [1.29, 1.82) is 0 Å². The van der Waals surface area contributed by atoms with Gasteiger partial charge in [-0.25, -0.2) is 8.42 Å². The summed E-state index contributed by atoms with van der Waals surface area (Å²) in [5.74, 6) is -4.39. The predicted molar refractivity (Wildman–Crippen MR) is 192 cm³/mol. The molecule has 13 nitrogen and oxygen atoms in total. The topological polar surface area (TPSA) is 181 Å². The molecule has 0 saturated heterocycles. The molecule has 4 aliphatic carbocycles. The van der Waals surface area contributed by atoms with Crippen molar-refractivity contribution in [1.82, 2.24) is 20.7 Å². The summed E-state index contributed by atoms with van der Waals surface area (Å²) in [4.78, 5) is 61.0. The van der Waals surface area contributed by atoms with Gasteiger partial charge in [-0.3, -0.25) is 23.9 Å². The van der Waals surface area contributed by atoms with E-state index < -0.39 is 68.4 Å². The first-order valence-corrected chi connectivity index (χ1v) is 19.3. The highest BCUT2D eigenvalue weighted by atomic mass is 32.2. The highest BCUT2D eigenvalue weighted by Crippen LogP contribution is 2.46. The van der Waals surface area contributed by atoms with Gasteiger partial charge in [0, 0.05) is 23.6 Å². The Morgan fingerprint density at radius 1 is 1.02 bits per heavy atom. The van der Waals surface area contributed by atoms with Crippen LogP contribution in [-0.4, -0.2) is 73.8 Å². The molecule has 274 valence electrons. The van der Waals surface area contributed by atoms with Crippen LogP contribution in [0.4, 0.5) is 0 Å². The number of carbonyl (C=O) groups excluding carboxylic acids is 4. The highest BCUT2D eigenvalue weighted by molar-refractivity contribution is 7.91. The standard InChI is InChI=1S/C38H43N5O8S/c1-4-22-20-38(22,37(47)43-52(48,49)25-12-13-25)41-35(45)31-19-24-18-30(31)34(44)40-32(21(2)3)36(46)39-15-7-8-16-50-23-11-14-27-26-9-5-6-10-28(26)33(42-51-24)29(27)17-23/h4-11,14,17,21-22,24-25,30-32H,1,12-13,15-16,18-20H2,2-3H3,(H,39,46)(H,40,44)(H,41,45)(H,43,47)/t22-,24+,30-,31-,32-,38-/m1/s1. The summed E-state index contributed by atoms with van der Waals surface area (Å²) in [7, 11) is -3.88. The van der Waals surface area contributed by atoms with Crippen LogP contribution in [0.5, 0.6) is 5.75 Å². The molecule has 2 aromatic carbocycles. The van der Waals surface area contributed by atoms with E-state index in [1.807, 2.05) is 56.3 Å². The molecule has 4 amide bonds. The van der Waals surface area contributed by atoms with E-state index in [1.54, 1.807) is 12.2 Å². The van der Waals surface area contributed by atoms with Gasteiger partial charge in [0.1, 0.15) is 35.8 Å². The van der Waals surface area contributed by atoms with Crippen molar-refractivity contribution in [3.8, 4) is 16.9 Å². The number of oxime groups is 1. The summed E-state index contributed by atoms with van der Waals surface area (Å²) >= 11 is 0. The molecule has 6 atom stereocenters. The molecular formula is C38H43N5O8S. The third-order valence-electron chi connectivity index (χ3n) is 10.6. The number of fused-ring (bicyclic) bond motifs is 6. The van der Waals surface area contributed by atoms with E-state index in [4.69, 9.17) is 9.57 Å². The molecule has 2 aromatic rings. The molecule has 14 heteroatoms. The van der Waals surface area contributed by atoms with Crippen LogP contribution in [-0.2, 0) is 34.0 Å². The van der Waals surface area contributed by atoms with E-state index in [1.165, 1.54) is 6.08 Å². The Kier molecular flexibility index (Phi) is 9.45. The van der Waals surface area contributed by atoms with E-state index in [9.17, 15) is 27.6 Å². The number of nitrogens with one attached hydrogen (secondary N) is 4. The van der Waals surface area contributed by atoms with E-state index in [2.05, 4.69) is 32.4 Å². The third-order valence-corrected chi connectivity index (χ3v) is 12.4. The molecule has 0 spiro atoms. The van der Waals surface area contributed by atoms with Crippen LogP contribution >= 0.6 is 0 Å². The van der Waals surface area contributed by atoms with E-state index in [0.717, 1.165) is 22.3 Å². The molecular weight excluding hydrogens is 687 g/mol. The van der Waals surface area contributed by atoms with Crippen LogP contribution in [0.2, 0.25) is 0 Å². The molecule has 7 rings (SSSR count). The van der Waals surface area contributed by atoms with Crippen molar-refractivity contribution in [2.75, 3.05) is 13.2 Å². The molecule has 3 saturated carbocycles. The van der Waals surface area contributed by atoms with Gasteiger partial charge in [-0.05, 0) is 73.4 Å². The van der Waals surface area contributed by atoms with Crippen LogP contribution in [0.1, 0.15) is 57.1 Å². The second-order valence-electron chi connectivity index (χ2n) is 14.5. The van der Waals surface area contributed by atoms with Gasteiger partial charge in [-0.15, -0.1) is 6.58 Å². The molecule has 1 heterocycles. The van der Waals surface area contributed by atoms with Crippen molar-refractivity contribution < 1.29 is 37.2 Å². The second-order valence-corrected chi connectivity index (χ2v) is 16.5. The maximum absolute atomic E-state index is 14.2. The first-order valence-electron chi connectivity index (χ1n) is 17.8. The summed E-state index contributed by atoms with van der Waals surface area (Å²) < 4.78 is 33.5. The van der Waals surface area contributed by atoms with Gasteiger partial charge in [0.15, 0.2) is 0 Å². The number of benzene rings is 2. The van der Waals surface area contributed by atoms with Gasteiger partial charge in [-0.2, -0.15) is 0 Å². The van der Waals surface area contributed by atoms with Crippen molar-refractivity contribution in [3.05, 3.63) is 78.4 Å². The van der Waals surface area contributed by atoms with E-state index >= 15 is 0 Å². The minimum atomic E-state index is -3.88. The lowest BCUT2D eigenvalue weighted by Gasteiger charge is -2.26. The number of hydrogen-bond donors (Lipinski definition) is 4. The SMILES string of the molecule is C=C[C@@H]1C[C@]1(NC(=O)[C@@H]1C[C@@H]2C[C@H]1C(=O)N[C@H](C(C)C)C(=O)NCC=CCOc1ccc3c(c1)C(=NO2)c1ccccc1-3)C(=O)NS(=O)(=O)C1CC1. The van der Waals surface area contributed by atoms with Crippen LogP contribution in [0, 0.1) is 23.7 Å². The molecule has 4 N–H and O–H groups in total. The minimum Gasteiger partial charge on any atom is -0.490 e. The Labute approximate surface area is 302 Å². The number of rotatable bonds is 7. The van der Waals surface area contributed by atoms with Crippen molar-refractivity contribution in [2.24, 2.45) is 28.8 Å². The Bertz CT molecular complexity index is 1990. The molecule has 3 fully saturated rings. The number of nitrogens with zero attached hydrogens (tertiary/aromatic N) is 1. The van der Waals surface area contributed by atoms with Gasteiger partial charge < -0.3 is 25.5 Å². The lowest BCUT2D eigenvalue weighted by molar-refractivity contribution is -0.137. The van der Waals surface area contributed by atoms with Crippen LogP contribution in [0.25, 0.3) is 11.1 Å². The number of sulfonamides is 1. The maximum Gasteiger partial charge on any atom is 0.259 e. The quantitative estimate of drug-likeness (QED) is 0.268. The smallest absolute Gasteiger partial charge is 0.259 e. The second kappa shape index (κ2) is 13.9. The summed E-state index contributed by atoms with van der Waals surface area (Å²) in [5.41, 5.74) is 2.70. The predicted octanol–water partition coefficient (Wildman–Crippen LogP) is 2.71. The Morgan fingerprint density at radius 2 is 1.77 bits per heavy atom. The van der Waals surface area contributed by atoms with Gasteiger partial charge in [0.2, 0.25) is 27.7 Å². The lowest BCUT2D eigenvalue weighted by Crippen LogP contribution is -2.55. The molecule has 0 aromatic heterocycles. The minimum absolute atomic E-state index is 0.0819. The van der Waals surface area contributed by atoms with Gasteiger partial charge in [-0.1, -0.05) is 55.4 Å². The monoisotopic (exact) mass is 729 g/mol. The highest BCUT2D eigenvalue weighted by Gasteiger charge is 2.62. The summed E-state index contributed by atoms with van der Waals surface area (Å²) in [5, 5.41) is 12.5. The Hall–Kier alpha value is -4.98. The first kappa shape index (κ1) is 35.4. The van der Waals surface area contributed by atoms with Gasteiger partial charge in [0.25, 0.3) is 5.91 Å². The summed E-state index contributed by atoms with van der Waals surface area (Å²) in [6.45, 7) is 7.88. The first-order chi connectivity index (χ1) is 24.9. The summed E-state index contributed by atoms with van der Waals surface area (Å²) in [6.07, 6.45) is 5.69. The molecule has 1 aliphatic heterocycles. The van der Waals surface area contributed by atoms with Crippen LogP contribution in [0.15, 0.2) is 72.4 Å². The van der Waals surface area contributed by atoms with Gasteiger partial charge in [0.05, 0.1) is 17.1 Å². The molecule has 52 heavy (non-hydrogen) atoms.